The molecule has 17 heavy (non-hydrogen) atoms. The molecule has 2 heterocycles. The second-order valence-corrected chi connectivity index (χ2v) is 5.11. The summed E-state index contributed by atoms with van der Waals surface area (Å²) in [6.45, 7) is 5.19. The number of halogens is 1. The molecule has 0 bridgehead atoms. The molecule has 1 aliphatic heterocycles. The van der Waals surface area contributed by atoms with Gasteiger partial charge in [0.05, 0.1) is 0 Å². The number of fused-ring (bicyclic) bond motifs is 1. The predicted octanol–water partition coefficient (Wildman–Crippen LogP) is 1.75. The van der Waals surface area contributed by atoms with Gasteiger partial charge in [-0.1, -0.05) is 0 Å². The number of aryl methyl sites for hydroxylation is 1. The third-order valence-corrected chi connectivity index (χ3v) is 3.30. The molecule has 0 N–H and O–H groups in total. The molecule has 0 atom stereocenters. The summed E-state index contributed by atoms with van der Waals surface area (Å²) >= 11 is 5.92. The van der Waals surface area contributed by atoms with Crippen LogP contribution >= 0.6 is 11.6 Å². The predicted molar refractivity (Wildman–Crippen MR) is 70.9 cm³/mol. The summed E-state index contributed by atoms with van der Waals surface area (Å²) in [5.41, 5.74) is 2.29. The second kappa shape index (κ2) is 5.19. The van der Waals surface area contributed by atoms with Gasteiger partial charge in [0.1, 0.15) is 5.82 Å². The standard InChI is InChI=1S/C12H19ClN4/c1-9-10-5-8-17(7-4-6-16(2)3)11(10)15-12(13)14-9/h4-8H2,1-3H3. The van der Waals surface area contributed by atoms with Crippen molar-refractivity contribution >= 4 is 17.4 Å². The maximum Gasteiger partial charge on any atom is 0.224 e. The molecule has 0 saturated carbocycles. The van der Waals surface area contributed by atoms with E-state index in [4.69, 9.17) is 11.6 Å². The lowest BCUT2D eigenvalue weighted by Crippen LogP contribution is -2.26. The zero-order valence-corrected chi connectivity index (χ0v) is 11.5. The lowest BCUT2D eigenvalue weighted by atomic mass is 10.2. The molecule has 0 aromatic carbocycles. The Hall–Kier alpha value is -0.870. The van der Waals surface area contributed by atoms with Gasteiger partial charge in [-0.3, -0.25) is 0 Å². The largest absolute Gasteiger partial charge is 0.356 e. The van der Waals surface area contributed by atoms with Crippen molar-refractivity contribution in [2.24, 2.45) is 0 Å². The molecule has 0 unspecified atom stereocenters. The van der Waals surface area contributed by atoms with E-state index in [1.165, 1.54) is 5.56 Å². The lowest BCUT2D eigenvalue weighted by molar-refractivity contribution is 0.401. The molecule has 0 fully saturated rings. The van der Waals surface area contributed by atoms with Crippen molar-refractivity contribution in [3.05, 3.63) is 16.5 Å². The van der Waals surface area contributed by atoms with Crippen LogP contribution in [-0.2, 0) is 6.42 Å². The fourth-order valence-electron chi connectivity index (χ4n) is 2.25. The van der Waals surface area contributed by atoms with Gasteiger partial charge in [-0.05, 0) is 52.0 Å². The van der Waals surface area contributed by atoms with Crippen LogP contribution in [0.25, 0.3) is 0 Å². The molecule has 1 aromatic rings. The average molecular weight is 255 g/mol. The van der Waals surface area contributed by atoms with Crippen LogP contribution in [0.2, 0.25) is 5.28 Å². The van der Waals surface area contributed by atoms with E-state index in [9.17, 15) is 0 Å². The van der Waals surface area contributed by atoms with Gasteiger partial charge in [0.2, 0.25) is 5.28 Å². The van der Waals surface area contributed by atoms with Gasteiger partial charge >= 0.3 is 0 Å². The Morgan fingerprint density at radius 3 is 2.82 bits per heavy atom. The van der Waals surface area contributed by atoms with Crippen LogP contribution < -0.4 is 4.90 Å². The van der Waals surface area contributed by atoms with E-state index in [1.807, 2.05) is 6.92 Å². The van der Waals surface area contributed by atoms with Crippen LogP contribution in [0, 0.1) is 6.92 Å². The molecule has 0 radical (unpaired) electrons. The molecule has 0 amide bonds. The first-order valence-corrected chi connectivity index (χ1v) is 6.38. The van der Waals surface area contributed by atoms with Gasteiger partial charge in [-0.25, -0.2) is 9.97 Å². The van der Waals surface area contributed by atoms with Crippen molar-refractivity contribution in [1.82, 2.24) is 14.9 Å². The van der Waals surface area contributed by atoms with Crippen LogP contribution in [0.3, 0.4) is 0 Å². The highest BCUT2D eigenvalue weighted by molar-refractivity contribution is 6.28. The van der Waals surface area contributed by atoms with Gasteiger partial charge in [0.25, 0.3) is 0 Å². The molecule has 1 aromatic heterocycles. The maximum absolute atomic E-state index is 5.92. The van der Waals surface area contributed by atoms with Crippen molar-refractivity contribution in [3.63, 3.8) is 0 Å². The summed E-state index contributed by atoms with van der Waals surface area (Å²) in [5.74, 6) is 1.04. The van der Waals surface area contributed by atoms with E-state index in [0.29, 0.717) is 5.28 Å². The maximum atomic E-state index is 5.92. The summed E-state index contributed by atoms with van der Waals surface area (Å²) in [7, 11) is 4.20. The van der Waals surface area contributed by atoms with Crippen molar-refractivity contribution < 1.29 is 0 Å². The Morgan fingerprint density at radius 2 is 2.12 bits per heavy atom. The van der Waals surface area contributed by atoms with Crippen LogP contribution in [0.5, 0.6) is 0 Å². The molecule has 0 saturated heterocycles. The lowest BCUT2D eigenvalue weighted by Gasteiger charge is -2.19. The van der Waals surface area contributed by atoms with Crippen molar-refractivity contribution in [3.8, 4) is 0 Å². The molecule has 2 rings (SSSR count). The number of hydrogen-bond acceptors (Lipinski definition) is 4. The SMILES string of the molecule is Cc1nc(Cl)nc2c1CCN2CCCN(C)C. The highest BCUT2D eigenvalue weighted by Crippen LogP contribution is 2.28. The molecule has 0 aliphatic carbocycles. The highest BCUT2D eigenvalue weighted by Gasteiger charge is 2.23. The van der Waals surface area contributed by atoms with Gasteiger partial charge in [0, 0.05) is 24.3 Å². The zero-order valence-electron chi connectivity index (χ0n) is 10.7. The third-order valence-electron chi connectivity index (χ3n) is 3.13. The van der Waals surface area contributed by atoms with E-state index >= 15 is 0 Å². The Morgan fingerprint density at radius 1 is 1.35 bits per heavy atom. The normalized spacial score (nSPS) is 14.5. The monoisotopic (exact) mass is 254 g/mol. The molecule has 0 spiro atoms. The second-order valence-electron chi connectivity index (χ2n) is 4.77. The van der Waals surface area contributed by atoms with Gasteiger partial charge in [-0.2, -0.15) is 0 Å². The van der Waals surface area contributed by atoms with Crippen LogP contribution in [-0.4, -0.2) is 48.6 Å². The fraction of sp³-hybridized carbons (Fsp3) is 0.667. The summed E-state index contributed by atoms with van der Waals surface area (Å²) in [4.78, 5) is 13.1. The van der Waals surface area contributed by atoms with E-state index in [0.717, 1.165) is 44.0 Å². The quantitative estimate of drug-likeness (QED) is 0.767. The Balaban J connectivity index is 2.06. The Kier molecular flexibility index (Phi) is 3.84. The van der Waals surface area contributed by atoms with Crippen molar-refractivity contribution in [2.45, 2.75) is 19.8 Å². The summed E-state index contributed by atoms with van der Waals surface area (Å²) < 4.78 is 0. The molecular weight excluding hydrogens is 236 g/mol. The van der Waals surface area contributed by atoms with Crippen LogP contribution in [0.15, 0.2) is 0 Å². The summed E-state index contributed by atoms with van der Waals surface area (Å²) in [6.07, 6.45) is 2.19. The van der Waals surface area contributed by atoms with Crippen LogP contribution in [0.4, 0.5) is 5.82 Å². The first-order valence-electron chi connectivity index (χ1n) is 6.00. The molecule has 1 aliphatic rings. The number of aromatic nitrogens is 2. The minimum atomic E-state index is 0.362. The highest BCUT2D eigenvalue weighted by atomic mass is 35.5. The van der Waals surface area contributed by atoms with Gasteiger partial charge < -0.3 is 9.80 Å². The smallest absolute Gasteiger partial charge is 0.224 e. The van der Waals surface area contributed by atoms with Gasteiger partial charge in [0.15, 0.2) is 0 Å². The zero-order chi connectivity index (χ0) is 12.4. The number of hydrogen-bond donors (Lipinski definition) is 0. The Labute approximate surface area is 108 Å². The first kappa shape index (κ1) is 12.6. The number of anilines is 1. The van der Waals surface area contributed by atoms with Crippen molar-refractivity contribution in [2.75, 3.05) is 38.6 Å². The van der Waals surface area contributed by atoms with E-state index in [-0.39, 0.29) is 0 Å². The first-order chi connectivity index (χ1) is 8.08. The Bertz CT molecular complexity index is 406. The van der Waals surface area contributed by atoms with E-state index in [1.54, 1.807) is 0 Å². The fourth-order valence-corrected chi connectivity index (χ4v) is 2.46. The molecule has 94 valence electrons. The minimum Gasteiger partial charge on any atom is -0.356 e. The van der Waals surface area contributed by atoms with Gasteiger partial charge in [-0.15, -0.1) is 0 Å². The number of rotatable bonds is 4. The average Bonchev–Trinajstić information content (AvgIpc) is 2.61. The topological polar surface area (TPSA) is 32.3 Å². The molecule has 4 nitrogen and oxygen atoms in total. The van der Waals surface area contributed by atoms with E-state index in [2.05, 4.69) is 33.9 Å². The van der Waals surface area contributed by atoms with E-state index < -0.39 is 0 Å². The molecule has 5 heteroatoms. The third kappa shape index (κ3) is 2.87. The number of nitrogens with zero attached hydrogens (tertiary/aromatic N) is 4. The molecular formula is C12H19ClN4. The summed E-state index contributed by atoms with van der Waals surface area (Å²) in [5, 5.41) is 0.362. The van der Waals surface area contributed by atoms with Crippen LogP contribution in [0.1, 0.15) is 17.7 Å². The summed E-state index contributed by atoms with van der Waals surface area (Å²) in [6, 6.07) is 0. The minimum absolute atomic E-state index is 0.362. The van der Waals surface area contributed by atoms with Crippen molar-refractivity contribution in [1.29, 1.82) is 0 Å².